The molecule has 7 heteroatoms. The van der Waals surface area contributed by atoms with Gasteiger partial charge in [0, 0.05) is 16.8 Å². The minimum atomic E-state index is -1.06. The minimum absolute atomic E-state index is 0.0793. The Kier molecular flexibility index (Phi) is 7.70. The average molecular weight is 444 g/mol. The number of nitrogens with one attached hydrogen (secondary N) is 2. The van der Waals surface area contributed by atoms with Crippen molar-refractivity contribution < 1.29 is 23.9 Å². The highest BCUT2D eigenvalue weighted by Crippen LogP contribution is 2.19. The molecule has 1 unspecified atom stereocenters. The highest BCUT2D eigenvalue weighted by atomic mass is 16.5. The molecule has 0 radical (unpaired) electrons. The SMILES string of the molecule is CC(=O)c1ccc(NC(=O)C(C)OC(=O)CNC(=O)c2ccc(-c3ccccc3)cc2)cc1. The Morgan fingerprint density at radius 3 is 1.97 bits per heavy atom. The Balaban J connectivity index is 1.46. The number of anilines is 1. The van der Waals surface area contributed by atoms with Gasteiger partial charge in [-0.25, -0.2) is 0 Å². The average Bonchev–Trinajstić information content (AvgIpc) is 2.83. The van der Waals surface area contributed by atoms with Crippen LogP contribution in [-0.4, -0.2) is 36.2 Å². The third-order valence-electron chi connectivity index (χ3n) is 4.88. The van der Waals surface area contributed by atoms with Crippen molar-refractivity contribution in [2.24, 2.45) is 0 Å². The topological polar surface area (TPSA) is 102 Å². The molecule has 0 saturated heterocycles. The van der Waals surface area contributed by atoms with Crippen molar-refractivity contribution in [1.82, 2.24) is 5.32 Å². The van der Waals surface area contributed by atoms with Crippen LogP contribution >= 0.6 is 0 Å². The maximum atomic E-state index is 12.3. The summed E-state index contributed by atoms with van der Waals surface area (Å²) in [6, 6.07) is 23.1. The van der Waals surface area contributed by atoms with Crippen LogP contribution < -0.4 is 10.6 Å². The second-order valence-electron chi connectivity index (χ2n) is 7.38. The fourth-order valence-electron chi connectivity index (χ4n) is 3.02. The van der Waals surface area contributed by atoms with Crippen molar-refractivity contribution >= 4 is 29.3 Å². The Bertz CT molecular complexity index is 1140. The quantitative estimate of drug-likeness (QED) is 0.406. The lowest BCUT2D eigenvalue weighted by Crippen LogP contribution is -2.35. The molecule has 0 bridgehead atoms. The number of rotatable bonds is 8. The van der Waals surface area contributed by atoms with Crippen LogP contribution in [0, 0.1) is 0 Å². The van der Waals surface area contributed by atoms with E-state index in [1.54, 1.807) is 36.4 Å². The molecule has 0 aliphatic carbocycles. The van der Waals surface area contributed by atoms with Crippen molar-refractivity contribution in [3.05, 3.63) is 90.0 Å². The van der Waals surface area contributed by atoms with Crippen molar-refractivity contribution in [3.8, 4) is 11.1 Å². The molecule has 0 aliphatic heterocycles. The van der Waals surface area contributed by atoms with E-state index in [4.69, 9.17) is 4.74 Å². The van der Waals surface area contributed by atoms with E-state index < -0.39 is 23.9 Å². The van der Waals surface area contributed by atoms with E-state index in [0.717, 1.165) is 11.1 Å². The third-order valence-corrected chi connectivity index (χ3v) is 4.88. The molecule has 0 fully saturated rings. The maximum absolute atomic E-state index is 12.3. The molecule has 1 atom stereocenters. The second-order valence-corrected chi connectivity index (χ2v) is 7.38. The molecule has 0 aliphatic rings. The molecule has 0 aromatic heterocycles. The standard InChI is InChI=1S/C26H24N2O5/c1-17(29)19-12-14-23(15-13-19)28-25(31)18(2)33-24(30)16-27-26(32)22-10-8-21(9-11-22)20-6-4-3-5-7-20/h3-15,18H,16H2,1-2H3,(H,27,32)(H,28,31). The second kappa shape index (κ2) is 10.9. The maximum Gasteiger partial charge on any atom is 0.326 e. The van der Waals surface area contributed by atoms with Crippen molar-refractivity contribution in [3.63, 3.8) is 0 Å². The number of carbonyl (C=O) groups is 4. The fraction of sp³-hybridized carbons (Fsp3) is 0.154. The molecule has 3 aromatic rings. The van der Waals surface area contributed by atoms with Crippen molar-refractivity contribution in [2.75, 3.05) is 11.9 Å². The number of Topliss-reactive ketones (excluding diaryl/α,β-unsaturated/α-hetero) is 1. The molecule has 0 heterocycles. The lowest BCUT2D eigenvalue weighted by Gasteiger charge is -2.14. The minimum Gasteiger partial charge on any atom is -0.451 e. The van der Waals surface area contributed by atoms with Crippen LogP contribution in [0.25, 0.3) is 11.1 Å². The van der Waals surface area contributed by atoms with Gasteiger partial charge in [0.2, 0.25) is 0 Å². The van der Waals surface area contributed by atoms with Gasteiger partial charge in [-0.3, -0.25) is 19.2 Å². The molecular weight excluding hydrogens is 420 g/mol. The van der Waals surface area contributed by atoms with Gasteiger partial charge in [-0.15, -0.1) is 0 Å². The zero-order valence-electron chi connectivity index (χ0n) is 18.3. The molecule has 2 N–H and O–H groups in total. The summed E-state index contributed by atoms with van der Waals surface area (Å²) >= 11 is 0. The first-order chi connectivity index (χ1) is 15.8. The lowest BCUT2D eigenvalue weighted by atomic mass is 10.0. The van der Waals surface area contributed by atoms with Crippen LogP contribution in [0.3, 0.4) is 0 Å². The number of esters is 1. The number of hydrogen-bond donors (Lipinski definition) is 2. The summed E-state index contributed by atoms with van der Waals surface area (Å²) in [6.07, 6.45) is -1.06. The zero-order chi connectivity index (χ0) is 23.8. The van der Waals surface area contributed by atoms with Crippen LogP contribution in [0.5, 0.6) is 0 Å². The van der Waals surface area contributed by atoms with Gasteiger partial charge in [0.25, 0.3) is 11.8 Å². The van der Waals surface area contributed by atoms with Crippen molar-refractivity contribution in [2.45, 2.75) is 20.0 Å². The Hall–Kier alpha value is -4.26. The van der Waals surface area contributed by atoms with E-state index in [-0.39, 0.29) is 12.3 Å². The third kappa shape index (κ3) is 6.61. The Labute approximate surface area is 191 Å². The summed E-state index contributed by atoms with van der Waals surface area (Å²) in [5.41, 5.74) is 3.41. The summed E-state index contributed by atoms with van der Waals surface area (Å²) in [7, 11) is 0. The van der Waals surface area contributed by atoms with E-state index >= 15 is 0 Å². The summed E-state index contributed by atoms with van der Waals surface area (Å²) < 4.78 is 5.09. The van der Waals surface area contributed by atoms with Gasteiger partial charge in [0.05, 0.1) is 0 Å². The van der Waals surface area contributed by atoms with Gasteiger partial charge < -0.3 is 15.4 Å². The molecule has 0 saturated carbocycles. The van der Waals surface area contributed by atoms with E-state index in [2.05, 4.69) is 10.6 Å². The molecule has 0 spiro atoms. The molecule has 7 nitrogen and oxygen atoms in total. The number of ketones is 1. The summed E-state index contributed by atoms with van der Waals surface area (Å²) in [5, 5.41) is 5.10. The highest BCUT2D eigenvalue weighted by molar-refractivity contribution is 5.98. The predicted molar refractivity (Wildman–Crippen MR) is 125 cm³/mol. The van der Waals surface area contributed by atoms with E-state index in [1.165, 1.54) is 13.8 Å². The number of amides is 2. The predicted octanol–water partition coefficient (Wildman–Crippen LogP) is 3.86. The van der Waals surface area contributed by atoms with Crippen molar-refractivity contribution in [1.29, 1.82) is 0 Å². The molecule has 2 amide bonds. The summed E-state index contributed by atoms with van der Waals surface area (Å²) in [4.78, 5) is 47.9. The molecule has 3 aromatic carbocycles. The van der Waals surface area contributed by atoms with Gasteiger partial charge in [0.15, 0.2) is 11.9 Å². The highest BCUT2D eigenvalue weighted by Gasteiger charge is 2.19. The summed E-state index contributed by atoms with van der Waals surface area (Å²) in [5.74, 6) is -1.76. The van der Waals surface area contributed by atoms with Gasteiger partial charge >= 0.3 is 5.97 Å². The van der Waals surface area contributed by atoms with Gasteiger partial charge in [0.1, 0.15) is 6.54 Å². The van der Waals surface area contributed by atoms with Crippen LogP contribution in [-0.2, 0) is 14.3 Å². The van der Waals surface area contributed by atoms with Gasteiger partial charge in [-0.1, -0.05) is 42.5 Å². The van der Waals surface area contributed by atoms with Crippen LogP contribution in [0.4, 0.5) is 5.69 Å². The van der Waals surface area contributed by atoms with Gasteiger partial charge in [-0.05, 0) is 61.4 Å². The van der Waals surface area contributed by atoms with Crippen LogP contribution in [0.1, 0.15) is 34.6 Å². The summed E-state index contributed by atoms with van der Waals surface area (Å²) in [6.45, 7) is 2.51. The first-order valence-electron chi connectivity index (χ1n) is 10.4. The first-order valence-corrected chi connectivity index (χ1v) is 10.4. The molecule has 33 heavy (non-hydrogen) atoms. The molecular formula is C26H24N2O5. The number of carbonyl (C=O) groups excluding carboxylic acids is 4. The van der Waals surface area contributed by atoms with E-state index in [9.17, 15) is 19.2 Å². The Morgan fingerprint density at radius 2 is 1.36 bits per heavy atom. The number of ether oxygens (including phenoxy) is 1. The van der Waals surface area contributed by atoms with E-state index in [1.807, 2.05) is 42.5 Å². The zero-order valence-corrected chi connectivity index (χ0v) is 18.3. The number of benzene rings is 3. The molecule has 168 valence electrons. The fourth-order valence-corrected chi connectivity index (χ4v) is 3.02. The van der Waals surface area contributed by atoms with Gasteiger partial charge in [-0.2, -0.15) is 0 Å². The largest absolute Gasteiger partial charge is 0.451 e. The smallest absolute Gasteiger partial charge is 0.326 e. The van der Waals surface area contributed by atoms with E-state index in [0.29, 0.717) is 16.8 Å². The van der Waals surface area contributed by atoms with Crippen LogP contribution in [0.15, 0.2) is 78.9 Å². The lowest BCUT2D eigenvalue weighted by molar-refractivity contribution is -0.152. The molecule has 3 rings (SSSR count). The monoisotopic (exact) mass is 444 g/mol. The normalized spacial score (nSPS) is 11.2. The van der Waals surface area contributed by atoms with Crippen LogP contribution in [0.2, 0.25) is 0 Å². The first kappa shape index (κ1) is 23.4. The number of hydrogen-bond acceptors (Lipinski definition) is 5. The Morgan fingerprint density at radius 1 is 0.788 bits per heavy atom.